The summed E-state index contributed by atoms with van der Waals surface area (Å²) < 4.78 is 1.88. The third-order valence-electron chi connectivity index (χ3n) is 7.47. The maximum atomic E-state index is 12.7. The van der Waals surface area contributed by atoms with Crippen molar-refractivity contribution in [1.29, 1.82) is 0 Å². The van der Waals surface area contributed by atoms with Crippen LogP contribution < -0.4 is 0 Å². The van der Waals surface area contributed by atoms with Crippen molar-refractivity contribution in [2.75, 3.05) is 7.05 Å². The third-order valence-corrected chi connectivity index (χ3v) is 7.47. The van der Waals surface area contributed by atoms with Crippen molar-refractivity contribution in [3.63, 3.8) is 0 Å². The molecule has 0 atom stereocenters. The molecule has 0 saturated heterocycles. The van der Waals surface area contributed by atoms with Gasteiger partial charge in [0.2, 0.25) is 0 Å². The van der Waals surface area contributed by atoms with Crippen LogP contribution in [0.3, 0.4) is 0 Å². The number of aromatic nitrogens is 5. The molecular weight excluding hydrogens is 436 g/mol. The molecule has 1 amide bonds. The van der Waals surface area contributed by atoms with Gasteiger partial charge in [0, 0.05) is 41.2 Å². The van der Waals surface area contributed by atoms with Crippen LogP contribution in [0.15, 0.2) is 73.2 Å². The Morgan fingerprint density at radius 2 is 1.80 bits per heavy atom. The minimum absolute atomic E-state index is 0.0683. The van der Waals surface area contributed by atoms with Crippen LogP contribution in [0, 0.1) is 0 Å². The molecule has 0 aliphatic heterocycles. The summed E-state index contributed by atoms with van der Waals surface area (Å²) in [7, 11) is 1.88. The normalized spacial score (nSPS) is 16.5. The number of benzene rings is 2. The monoisotopic (exact) mass is 460 g/mol. The standard InChI is InChI=1S/C28H24N6O/c1-33(22-9-10-22)26(35)19-6-4-18(5-7-19)24-16-30-27-31-17-25(34(27)32-24)28(12-13-28)21-8-11-23-20(15-21)3-2-14-29-23/h2-8,11,14-17,22H,9-10,12-13H2,1H3. The maximum Gasteiger partial charge on any atom is 0.253 e. The second-order valence-corrected chi connectivity index (χ2v) is 9.72. The minimum Gasteiger partial charge on any atom is -0.339 e. The largest absolute Gasteiger partial charge is 0.339 e. The highest BCUT2D eigenvalue weighted by atomic mass is 16.2. The van der Waals surface area contributed by atoms with Crippen LogP contribution in [0.4, 0.5) is 0 Å². The van der Waals surface area contributed by atoms with Gasteiger partial charge < -0.3 is 4.90 Å². The van der Waals surface area contributed by atoms with Gasteiger partial charge in [-0.15, -0.1) is 0 Å². The molecule has 2 saturated carbocycles. The second-order valence-electron chi connectivity index (χ2n) is 9.72. The van der Waals surface area contributed by atoms with Crippen LogP contribution in [-0.2, 0) is 5.41 Å². The lowest BCUT2D eigenvalue weighted by molar-refractivity contribution is 0.0785. The molecule has 2 aliphatic carbocycles. The summed E-state index contributed by atoms with van der Waals surface area (Å²) >= 11 is 0. The van der Waals surface area contributed by atoms with Crippen molar-refractivity contribution in [3.05, 3.63) is 90.0 Å². The SMILES string of the molecule is CN(C(=O)c1ccc(-c2cnc3ncc(C4(c5ccc6ncccc6c5)CC4)n3n2)cc1)C1CC1. The van der Waals surface area contributed by atoms with Crippen molar-refractivity contribution >= 4 is 22.6 Å². The second kappa shape index (κ2) is 7.43. The molecule has 0 bridgehead atoms. The molecule has 35 heavy (non-hydrogen) atoms. The van der Waals surface area contributed by atoms with Crippen molar-refractivity contribution in [2.24, 2.45) is 0 Å². The molecule has 7 rings (SSSR count). The van der Waals surface area contributed by atoms with Gasteiger partial charge in [0.15, 0.2) is 0 Å². The van der Waals surface area contributed by atoms with Crippen LogP contribution >= 0.6 is 0 Å². The van der Waals surface area contributed by atoms with Gasteiger partial charge in [-0.2, -0.15) is 9.61 Å². The van der Waals surface area contributed by atoms with Crippen molar-refractivity contribution in [2.45, 2.75) is 37.1 Å². The summed E-state index contributed by atoms with van der Waals surface area (Å²) in [6.07, 6.45) is 9.77. The first-order valence-corrected chi connectivity index (χ1v) is 12.1. The summed E-state index contributed by atoms with van der Waals surface area (Å²) in [6.45, 7) is 0. The topological polar surface area (TPSA) is 76.3 Å². The van der Waals surface area contributed by atoms with Gasteiger partial charge in [-0.25, -0.2) is 9.97 Å². The number of fused-ring (bicyclic) bond motifs is 2. The fourth-order valence-corrected chi connectivity index (χ4v) is 5.04. The molecule has 172 valence electrons. The predicted molar refractivity (Wildman–Crippen MR) is 133 cm³/mol. The zero-order valence-electron chi connectivity index (χ0n) is 19.4. The number of rotatable bonds is 5. The highest BCUT2D eigenvalue weighted by molar-refractivity contribution is 5.94. The van der Waals surface area contributed by atoms with E-state index in [1.165, 1.54) is 5.56 Å². The average molecular weight is 461 g/mol. The Morgan fingerprint density at radius 3 is 2.57 bits per heavy atom. The van der Waals surface area contributed by atoms with E-state index in [0.717, 1.165) is 53.5 Å². The summed E-state index contributed by atoms with van der Waals surface area (Å²) in [6, 6.07) is 18.6. The van der Waals surface area contributed by atoms with Gasteiger partial charge >= 0.3 is 0 Å². The number of imidazole rings is 1. The Bertz CT molecular complexity index is 1600. The van der Waals surface area contributed by atoms with Gasteiger partial charge in [0.25, 0.3) is 11.7 Å². The summed E-state index contributed by atoms with van der Waals surface area (Å²) in [5.74, 6) is 0.661. The van der Waals surface area contributed by atoms with E-state index in [2.05, 4.69) is 39.2 Å². The van der Waals surface area contributed by atoms with E-state index in [9.17, 15) is 4.79 Å². The minimum atomic E-state index is -0.111. The molecule has 0 radical (unpaired) electrons. The summed E-state index contributed by atoms with van der Waals surface area (Å²) in [5.41, 5.74) is 5.58. The fraction of sp³-hybridized carbons (Fsp3) is 0.250. The molecule has 2 aromatic carbocycles. The smallest absolute Gasteiger partial charge is 0.253 e. The van der Waals surface area contributed by atoms with E-state index < -0.39 is 0 Å². The Morgan fingerprint density at radius 1 is 1.00 bits per heavy atom. The summed E-state index contributed by atoms with van der Waals surface area (Å²) in [4.78, 5) is 28.1. The zero-order valence-corrected chi connectivity index (χ0v) is 19.4. The first-order chi connectivity index (χ1) is 17.1. The number of carbonyl (C=O) groups excluding carboxylic acids is 1. The van der Waals surface area contributed by atoms with E-state index >= 15 is 0 Å². The Hall–Kier alpha value is -4.13. The highest BCUT2D eigenvalue weighted by Gasteiger charge is 2.48. The van der Waals surface area contributed by atoms with Crippen LogP contribution in [-0.4, -0.2) is 48.5 Å². The Kier molecular flexibility index (Phi) is 4.30. The highest BCUT2D eigenvalue weighted by Crippen LogP contribution is 2.53. The number of hydrogen-bond donors (Lipinski definition) is 0. The van der Waals surface area contributed by atoms with Gasteiger partial charge in [0.1, 0.15) is 5.69 Å². The molecule has 2 fully saturated rings. The quantitative estimate of drug-likeness (QED) is 0.381. The van der Waals surface area contributed by atoms with Crippen molar-refractivity contribution in [3.8, 4) is 11.3 Å². The van der Waals surface area contributed by atoms with E-state index in [-0.39, 0.29) is 11.3 Å². The number of hydrogen-bond acceptors (Lipinski definition) is 5. The van der Waals surface area contributed by atoms with Crippen molar-refractivity contribution < 1.29 is 4.79 Å². The van der Waals surface area contributed by atoms with Crippen LogP contribution in [0.25, 0.3) is 27.9 Å². The van der Waals surface area contributed by atoms with Gasteiger partial charge in [-0.1, -0.05) is 24.3 Å². The number of nitrogens with zero attached hydrogens (tertiary/aromatic N) is 6. The van der Waals surface area contributed by atoms with Crippen LogP contribution in [0.1, 0.15) is 47.3 Å². The first kappa shape index (κ1) is 20.3. The molecular formula is C28H24N6O. The number of amides is 1. The third kappa shape index (κ3) is 3.30. The lowest BCUT2D eigenvalue weighted by Gasteiger charge is -2.16. The van der Waals surface area contributed by atoms with Crippen LogP contribution in [0.5, 0.6) is 0 Å². The zero-order chi connectivity index (χ0) is 23.6. The molecule has 3 aromatic heterocycles. The van der Waals surface area contributed by atoms with Gasteiger partial charge in [-0.05, 0) is 61.6 Å². The first-order valence-electron chi connectivity index (χ1n) is 12.1. The van der Waals surface area contributed by atoms with Gasteiger partial charge in [0.05, 0.1) is 23.6 Å². The molecule has 7 heteroatoms. The molecule has 0 spiro atoms. The van der Waals surface area contributed by atoms with Gasteiger partial charge in [-0.3, -0.25) is 9.78 Å². The van der Waals surface area contributed by atoms with Crippen molar-refractivity contribution in [1.82, 2.24) is 29.5 Å². The Balaban J connectivity index is 1.24. The molecule has 7 nitrogen and oxygen atoms in total. The molecule has 5 aromatic rings. The van der Waals surface area contributed by atoms with E-state index in [1.807, 2.05) is 59.2 Å². The molecule has 0 unspecified atom stereocenters. The van der Waals surface area contributed by atoms with Crippen LogP contribution in [0.2, 0.25) is 0 Å². The lowest BCUT2D eigenvalue weighted by atomic mass is 9.91. The fourth-order valence-electron chi connectivity index (χ4n) is 5.04. The van der Waals surface area contributed by atoms with E-state index in [1.54, 1.807) is 6.20 Å². The predicted octanol–water partition coefficient (Wildman–Crippen LogP) is 4.65. The van der Waals surface area contributed by atoms with E-state index in [4.69, 9.17) is 5.10 Å². The number of carbonyl (C=O) groups is 1. The molecule has 0 N–H and O–H groups in total. The molecule has 3 heterocycles. The summed E-state index contributed by atoms with van der Waals surface area (Å²) in [5, 5.41) is 6.07. The number of pyridine rings is 1. The molecule has 2 aliphatic rings. The average Bonchev–Trinajstić information content (AvgIpc) is 3.85. The van der Waals surface area contributed by atoms with E-state index in [0.29, 0.717) is 17.4 Å². The maximum absolute atomic E-state index is 12.7. The lowest BCUT2D eigenvalue weighted by Crippen LogP contribution is -2.28. The Labute approximate surface area is 202 Å².